The maximum absolute atomic E-state index is 12.6. The molecule has 0 aliphatic heterocycles. The summed E-state index contributed by atoms with van der Waals surface area (Å²) in [5.41, 5.74) is 17.3. The fourth-order valence-corrected chi connectivity index (χ4v) is 1.99. The first kappa shape index (κ1) is 15.5. The molecule has 0 atom stereocenters. The Morgan fingerprint density at radius 2 is 1.68 bits per heavy atom. The molecule has 0 fully saturated rings. The third kappa shape index (κ3) is 3.83. The molecule has 0 spiro atoms. The summed E-state index contributed by atoms with van der Waals surface area (Å²) in [6, 6.07) is 13.5. The molecular weight excluding hydrogens is 302 g/mol. The number of carbonyl (C=O) groups is 1. The highest BCUT2D eigenvalue weighted by Crippen LogP contribution is 2.26. The van der Waals surface area contributed by atoms with Crippen LogP contribution in [0.1, 0.15) is 15.9 Å². The van der Waals surface area contributed by atoms with Crippen molar-refractivity contribution in [3.8, 4) is 0 Å². The van der Waals surface area contributed by atoms with Crippen LogP contribution in [-0.2, 0) is 0 Å². The Labute approximate surface area is 132 Å². The van der Waals surface area contributed by atoms with E-state index in [0.29, 0.717) is 21.8 Å². The number of hydrogen-bond donors (Lipinski definition) is 3. The van der Waals surface area contributed by atoms with Gasteiger partial charge >= 0.3 is 0 Å². The highest BCUT2D eigenvalue weighted by molar-refractivity contribution is 6.31. The largest absolute Gasteiger partial charge is 0.370 e. The molecule has 0 heterocycles. The summed E-state index contributed by atoms with van der Waals surface area (Å²) in [6.45, 7) is 0. The van der Waals surface area contributed by atoms with Crippen LogP contribution in [0.4, 0.5) is 5.69 Å². The molecule has 0 aliphatic carbocycles. The highest BCUT2D eigenvalue weighted by atomic mass is 35.5. The van der Waals surface area contributed by atoms with E-state index in [1.165, 1.54) is 6.07 Å². The SMILES string of the molecule is NC(N)=NC(N)=Nc1ccc(Cl)cc1C(=O)c1ccccc1. The maximum Gasteiger partial charge on any atom is 0.223 e. The van der Waals surface area contributed by atoms with E-state index in [1.54, 1.807) is 36.4 Å². The third-order valence-corrected chi connectivity index (χ3v) is 2.95. The molecule has 6 nitrogen and oxygen atoms in total. The van der Waals surface area contributed by atoms with Crippen molar-refractivity contribution < 1.29 is 4.79 Å². The first-order valence-electron chi connectivity index (χ1n) is 6.30. The average molecular weight is 316 g/mol. The van der Waals surface area contributed by atoms with Gasteiger partial charge in [0.2, 0.25) is 5.96 Å². The molecule has 22 heavy (non-hydrogen) atoms. The Morgan fingerprint density at radius 3 is 2.32 bits per heavy atom. The van der Waals surface area contributed by atoms with E-state index < -0.39 is 0 Å². The molecule has 0 bridgehead atoms. The second kappa shape index (κ2) is 6.73. The lowest BCUT2D eigenvalue weighted by molar-refractivity contribution is 0.103. The Bertz CT molecular complexity index is 752. The Kier molecular flexibility index (Phi) is 4.75. The summed E-state index contributed by atoms with van der Waals surface area (Å²) in [5, 5.41) is 0.415. The molecule has 112 valence electrons. The minimum atomic E-state index is -0.223. The van der Waals surface area contributed by atoms with Gasteiger partial charge in [-0.2, -0.15) is 4.99 Å². The van der Waals surface area contributed by atoms with Gasteiger partial charge in [0.1, 0.15) is 0 Å². The summed E-state index contributed by atoms with van der Waals surface area (Å²) >= 11 is 5.97. The molecule has 0 saturated carbocycles. The summed E-state index contributed by atoms with van der Waals surface area (Å²) in [7, 11) is 0. The molecule has 2 rings (SSSR count). The predicted octanol–water partition coefficient (Wildman–Crippen LogP) is 1.79. The van der Waals surface area contributed by atoms with Crippen molar-refractivity contribution in [2.45, 2.75) is 0 Å². The fraction of sp³-hybridized carbons (Fsp3) is 0. The second-order valence-corrected chi connectivity index (χ2v) is 4.80. The average Bonchev–Trinajstić information content (AvgIpc) is 2.48. The van der Waals surface area contributed by atoms with Gasteiger partial charge in [-0.25, -0.2) is 4.99 Å². The van der Waals surface area contributed by atoms with E-state index in [1.807, 2.05) is 6.07 Å². The van der Waals surface area contributed by atoms with Crippen molar-refractivity contribution in [3.63, 3.8) is 0 Å². The van der Waals surface area contributed by atoms with Gasteiger partial charge in [0.25, 0.3) is 0 Å². The van der Waals surface area contributed by atoms with Crippen LogP contribution in [0.15, 0.2) is 58.5 Å². The minimum absolute atomic E-state index is 0.149. The summed E-state index contributed by atoms with van der Waals surface area (Å²) in [5.74, 6) is -0.588. The van der Waals surface area contributed by atoms with Crippen LogP contribution in [-0.4, -0.2) is 17.7 Å². The van der Waals surface area contributed by atoms with Gasteiger partial charge in [0.05, 0.1) is 5.69 Å². The first-order valence-corrected chi connectivity index (χ1v) is 6.68. The second-order valence-electron chi connectivity index (χ2n) is 4.36. The van der Waals surface area contributed by atoms with Crippen molar-refractivity contribution in [1.82, 2.24) is 0 Å². The standard InChI is InChI=1S/C15H14ClN5O/c16-10-6-7-12(20-15(19)21-14(17)18)11(8-10)13(22)9-4-2-1-3-5-9/h1-8H,(H6,17,18,19,20,21). The van der Waals surface area contributed by atoms with Crippen molar-refractivity contribution in [2.24, 2.45) is 27.2 Å². The number of nitrogens with two attached hydrogens (primary N) is 3. The number of rotatable bonds is 3. The van der Waals surface area contributed by atoms with E-state index in [-0.39, 0.29) is 17.7 Å². The van der Waals surface area contributed by atoms with Crippen LogP contribution in [0.2, 0.25) is 5.02 Å². The molecule has 0 unspecified atom stereocenters. The van der Waals surface area contributed by atoms with Crippen molar-refractivity contribution in [3.05, 3.63) is 64.7 Å². The zero-order valence-electron chi connectivity index (χ0n) is 11.5. The normalized spacial score (nSPS) is 11.0. The number of benzene rings is 2. The monoisotopic (exact) mass is 315 g/mol. The molecule has 2 aromatic carbocycles. The molecule has 7 heteroatoms. The summed E-state index contributed by atoms with van der Waals surface area (Å²) in [4.78, 5) is 20.2. The highest BCUT2D eigenvalue weighted by Gasteiger charge is 2.14. The van der Waals surface area contributed by atoms with Crippen LogP contribution >= 0.6 is 11.6 Å². The predicted molar refractivity (Wildman–Crippen MR) is 88.4 cm³/mol. The number of hydrogen-bond acceptors (Lipinski definition) is 2. The van der Waals surface area contributed by atoms with Crippen LogP contribution < -0.4 is 17.2 Å². The zero-order chi connectivity index (χ0) is 16.1. The van der Waals surface area contributed by atoms with Crippen LogP contribution in [0.3, 0.4) is 0 Å². The number of halogens is 1. The van der Waals surface area contributed by atoms with Gasteiger partial charge < -0.3 is 17.2 Å². The van der Waals surface area contributed by atoms with Crippen LogP contribution in [0.25, 0.3) is 0 Å². The maximum atomic E-state index is 12.6. The van der Waals surface area contributed by atoms with Gasteiger partial charge in [0, 0.05) is 16.1 Å². The number of carbonyl (C=O) groups excluding carboxylic acids is 1. The third-order valence-electron chi connectivity index (χ3n) is 2.72. The summed E-state index contributed by atoms with van der Waals surface area (Å²) in [6.07, 6.45) is 0. The van der Waals surface area contributed by atoms with E-state index in [2.05, 4.69) is 9.98 Å². The first-order chi connectivity index (χ1) is 10.5. The molecule has 0 aromatic heterocycles. The quantitative estimate of drug-likeness (QED) is 0.454. The fourth-order valence-electron chi connectivity index (χ4n) is 1.81. The van der Waals surface area contributed by atoms with Gasteiger partial charge in [-0.1, -0.05) is 41.9 Å². The van der Waals surface area contributed by atoms with Crippen molar-refractivity contribution >= 4 is 35.0 Å². The van der Waals surface area contributed by atoms with Crippen molar-refractivity contribution in [1.29, 1.82) is 0 Å². The van der Waals surface area contributed by atoms with Gasteiger partial charge in [-0.05, 0) is 18.2 Å². The lowest BCUT2D eigenvalue weighted by Gasteiger charge is -2.06. The van der Waals surface area contributed by atoms with Crippen LogP contribution in [0, 0.1) is 0 Å². The van der Waals surface area contributed by atoms with Gasteiger partial charge in [0.15, 0.2) is 11.7 Å². The Balaban J connectivity index is 2.49. The van der Waals surface area contributed by atoms with Crippen molar-refractivity contribution in [2.75, 3.05) is 0 Å². The number of ketones is 1. The molecule has 0 saturated heterocycles. The molecule has 6 N–H and O–H groups in total. The van der Waals surface area contributed by atoms with Gasteiger partial charge in [-0.15, -0.1) is 0 Å². The van der Waals surface area contributed by atoms with E-state index in [9.17, 15) is 4.79 Å². The Morgan fingerprint density at radius 1 is 1.00 bits per heavy atom. The number of guanidine groups is 2. The van der Waals surface area contributed by atoms with E-state index in [4.69, 9.17) is 28.8 Å². The molecule has 0 aliphatic rings. The molecule has 0 amide bonds. The smallest absolute Gasteiger partial charge is 0.223 e. The summed E-state index contributed by atoms with van der Waals surface area (Å²) < 4.78 is 0. The van der Waals surface area contributed by atoms with E-state index >= 15 is 0 Å². The zero-order valence-corrected chi connectivity index (χ0v) is 12.3. The molecule has 2 aromatic rings. The minimum Gasteiger partial charge on any atom is -0.370 e. The lowest BCUT2D eigenvalue weighted by Crippen LogP contribution is -2.26. The number of aliphatic imine (C=N–C) groups is 2. The number of nitrogens with zero attached hydrogens (tertiary/aromatic N) is 2. The van der Waals surface area contributed by atoms with Gasteiger partial charge in [-0.3, -0.25) is 4.79 Å². The Hall–Kier alpha value is -2.86. The lowest BCUT2D eigenvalue weighted by atomic mass is 10.0. The molecule has 0 radical (unpaired) electrons. The molecular formula is C15H14ClN5O. The topological polar surface area (TPSA) is 120 Å². The van der Waals surface area contributed by atoms with E-state index in [0.717, 1.165) is 0 Å². The van der Waals surface area contributed by atoms with Crippen LogP contribution in [0.5, 0.6) is 0 Å².